The maximum absolute atomic E-state index is 13.9. The third kappa shape index (κ3) is 4.07. The number of carbonyl (C=O) groups is 1. The van der Waals surface area contributed by atoms with Gasteiger partial charge in [0.05, 0.1) is 5.92 Å². The van der Waals surface area contributed by atoms with Crippen LogP contribution in [-0.2, 0) is 14.8 Å². The minimum Gasteiger partial charge on any atom is -0.340 e. The van der Waals surface area contributed by atoms with Crippen molar-refractivity contribution in [1.82, 2.24) is 9.21 Å². The normalized spacial score (nSPS) is 16.8. The van der Waals surface area contributed by atoms with Crippen molar-refractivity contribution in [1.29, 1.82) is 0 Å². The molecule has 1 fully saturated rings. The minimum atomic E-state index is -4.16. The molecule has 2 aromatic carbocycles. The molecule has 1 aliphatic rings. The fourth-order valence-corrected chi connectivity index (χ4v) is 4.92. The number of hydrogen-bond donors (Lipinski definition) is 0. The van der Waals surface area contributed by atoms with Crippen molar-refractivity contribution in [2.75, 3.05) is 26.2 Å². The van der Waals surface area contributed by atoms with E-state index in [-0.39, 0.29) is 38.0 Å². The van der Waals surface area contributed by atoms with E-state index < -0.39 is 26.6 Å². The quantitative estimate of drug-likeness (QED) is 0.764. The fraction of sp³-hybridized carbons (Fsp3) is 0.350. The summed E-state index contributed by atoms with van der Waals surface area (Å²) in [6, 6.07) is 11.8. The van der Waals surface area contributed by atoms with Gasteiger partial charge in [0, 0.05) is 26.2 Å². The standard InChI is InChI=1S/C20H22F2N2O3S/c1-2-17(15-6-4-3-5-7-15)20(25)23-10-12-24(13-11-23)28(26,27)19-14-16(21)8-9-18(19)22/h3-9,14,17H,2,10-13H2,1H3. The Morgan fingerprint density at radius 1 is 1.04 bits per heavy atom. The molecular formula is C20H22F2N2O3S. The topological polar surface area (TPSA) is 57.7 Å². The van der Waals surface area contributed by atoms with Gasteiger partial charge in [0.15, 0.2) is 0 Å². The molecule has 2 aromatic rings. The Morgan fingerprint density at radius 3 is 2.29 bits per heavy atom. The number of piperazine rings is 1. The molecule has 1 saturated heterocycles. The van der Waals surface area contributed by atoms with Crippen molar-refractivity contribution in [2.24, 2.45) is 0 Å². The second-order valence-electron chi connectivity index (χ2n) is 6.68. The number of halogens is 2. The first-order valence-electron chi connectivity index (χ1n) is 9.13. The summed E-state index contributed by atoms with van der Waals surface area (Å²) in [4.78, 5) is 13.9. The van der Waals surface area contributed by atoms with Crippen LogP contribution in [-0.4, -0.2) is 49.7 Å². The largest absolute Gasteiger partial charge is 0.340 e. The molecule has 8 heteroatoms. The molecule has 150 valence electrons. The van der Waals surface area contributed by atoms with Gasteiger partial charge >= 0.3 is 0 Å². The van der Waals surface area contributed by atoms with Gasteiger partial charge in [-0.1, -0.05) is 37.3 Å². The van der Waals surface area contributed by atoms with Crippen LogP contribution in [0.4, 0.5) is 8.78 Å². The lowest BCUT2D eigenvalue weighted by Gasteiger charge is -2.35. The highest BCUT2D eigenvalue weighted by Gasteiger charge is 2.34. The van der Waals surface area contributed by atoms with Gasteiger partial charge < -0.3 is 4.90 Å². The molecule has 28 heavy (non-hydrogen) atoms. The number of nitrogens with zero attached hydrogens (tertiary/aromatic N) is 2. The molecular weight excluding hydrogens is 386 g/mol. The average molecular weight is 408 g/mol. The third-order valence-electron chi connectivity index (χ3n) is 4.97. The number of hydrogen-bond acceptors (Lipinski definition) is 3. The Hall–Kier alpha value is -2.32. The molecule has 1 unspecified atom stereocenters. The van der Waals surface area contributed by atoms with E-state index in [1.54, 1.807) is 4.90 Å². The lowest BCUT2D eigenvalue weighted by atomic mass is 9.95. The van der Waals surface area contributed by atoms with Crippen molar-refractivity contribution in [3.05, 3.63) is 65.7 Å². The molecule has 5 nitrogen and oxygen atoms in total. The zero-order valence-electron chi connectivity index (χ0n) is 15.5. The van der Waals surface area contributed by atoms with E-state index >= 15 is 0 Å². The molecule has 0 saturated carbocycles. The van der Waals surface area contributed by atoms with Crippen LogP contribution in [0.2, 0.25) is 0 Å². The van der Waals surface area contributed by atoms with E-state index in [1.165, 1.54) is 0 Å². The number of carbonyl (C=O) groups excluding carboxylic acids is 1. The molecule has 0 radical (unpaired) electrons. The Kier molecular flexibility index (Phi) is 6.10. The van der Waals surface area contributed by atoms with E-state index in [1.807, 2.05) is 37.3 Å². The van der Waals surface area contributed by atoms with Crippen molar-refractivity contribution in [3.8, 4) is 0 Å². The first kappa shape index (κ1) is 20.4. The van der Waals surface area contributed by atoms with E-state index in [0.29, 0.717) is 12.5 Å². The van der Waals surface area contributed by atoms with Gasteiger partial charge in [0.1, 0.15) is 16.5 Å². The first-order chi connectivity index (χ1) is 13.3. The van der Waals surface area contributed by atoms with Gasteiger partial charge in [-0.25, -0.2) is 17.2 Å². The molecule has 1 amide bonds. The van der Waals surface area contributed by atoms with Gasteiger partial charge in [0.25, 0.3) is 0 Å². The zero-order chi connectivity index (χ0) is 20.3. The highest BCUT2D eigenvalue weighted by atomic mass is 32.2. The maximum Gasteiger partial charge on any atom is 0.246 e. The van der Waals surface area contributed by atoms with Crippen LogP contribution >= 0.6 is 0 Å². The summed E-state index contributed by atoms with van der Waals surface area (Å²) < 4.78 is 53.8. The molecule has 0 aliphatic carbocycles. The molecule has 1 atom stereocenters. The molecule has 0 bridgehead atoms. The molecule has 1 heterocycles. The molecule has 1 aliphatic heterocycles. The van der Waals surface area contributed by atoms with Gasteiger partial charge in [-0.05, 0) is 30.2 Å². The van der Waals surface area contributed by atoms with E-state index in [9.17, 15) is 22.0 Å². The van der Waals surface area contributed by atoms with Crippen LogP contribution in [0.25, 0.3) is 0 Å². The summed E-state index contributed by atoms with van der Waals surface area (Å²) in [7, 11) is -4.16. The predicted octanol–water partition coefficient (Wildman–Crippen LogP) is 2.99. The van der Waals surface area contributed by atoms with Crippen molar-refractivity contribution < 1.29 is 22.0 Å². The van der Waals surface area contributed by atoms with Gasteiger partial charge in [0.2, 0.25) is 15.9 Å². The smallest absolute Gasteiger partial charge is 0.246 e. The molecule has 0 aromatic heterocycles. The highest BCUT2D eigenvalue weighted by Crippen LogP contribution is 2.25. The summed E-state index contributed by atoms with van der Waals surface area (Å²) >= 11 is 0. The van der Waals surface area contributed by atoms with Crippen molar-refractivity contribution >= 4 is 15.9 Å². The van der Waals surface area contributed by atoms with E-state index in [0.717, 1.165) is 22.0 Å². The number of benzene rings is 2. The van der Waals surface area contributed by atoms with Crippen LogP contribution in [0.1, 0.15) is 24.8 Å². The van der Waals surface area contributed by atoms with Gasteiger partial charge in [-0.3, -0.25) is 4.79 Å². The van der Waals surface area contributed by atoms with Crippen LogP contribution in [0, 0.1) is 11.6 Å². The first-order valence-corrected chi connectivity index (χ1v) is 10.6. The second-order valence-corrected chi connectivity index (χ2v) is 8.58. The summed E-state index contributed by atoms with van der Waals surface area (Å²) in [5.74, 6) is -2.15. The Labute approximate surface area is 163 Å². The van der Waals surface area contributed by atoms with E-state index in [2.05, 4.69) is 0 Å². The van der Waals surface area contributed by atoms with Crippen LogP contribution < -0.4 is 0 Å². The second kappa shape index (κ2) is 8.36. The summed E-state index contributed by atoms with van der Waals surface area (Å²) in [6.45, 7) is 2.42. The van der Waals surface area contributed by atoms with Crippen LogP contribution in [0.3, 0.4) is 0 Å². The molecule has 0 spiro atoms. The van der Waals surface area contributed by atoms with Gasteiger partial charge in [-0.15, -0.1) is 0 Å². The number of amides is 1. The highest BCUT2D eigenvalue weighted by molar-refractivity contribution is 7.89. The number of sulfonamides is 1. The van der Waals surface area contributed by atoms with E-state index in [4.69, 9.17) is 0 Å². The Balaban J connectivity index is 1.71. The van der Waals surface area contributed by atoms with Crippen molar-refractivity contribution in [2.45, 2.75) is 24.2 Å². The monoisotopic (exact) mass is 408 g/mol. The fourth-order valence-electron chi connectivity index (χ4n) is 3.42. The van der Waals surface area contributed by atoms with Crippen LogP contribution in [0.5, 0.6) is 0 Å². The predicted molar refractivity (Wildman–Crippen MR) is 101 cm³/mol. The summed E-state index contributed by atoms with van der Waals surface area (Å²) in [6.07, 6.45) is 0.635. The summed E-state index contributed by atoms with van der Waals surface area (Å²) in [5.41, 5.74) is 0.923. The minimum absolute atomic E-state index is 0.0370. The lowest BCUT2D eigenvalue weighted by molar-refractivity contribution is -0.134. The third-order valence-corrected chi connectivity index (χ3v) is 6.88. The molecule has 3 rings (SSSR count). The summed E-state index contributed by atoms with van der Waals surface area (Å²) in [5, 5.41) is 0. The number of rotatable bonds is 5. The maximum atomic E-state index is 13.9. The van der Waals surface area contributed by atoms with Crippen molar-refractivity contribution in [3.63, 3.8) is 0 Å². The Bertz CT molecular complexity index is 943. The average Bonchev–Trinajstić information content (AvgIpc) is 2.71. The Morgan fingerprint density at radius 2 is 1.68 bits per heavy atom. The van der Waals surface area contributed by atoms with Gasteiger partial charge in [-0.2, -0.15) is 4.31 Å². The molecule has 0 N–H and O–H groups in total. The van der Waals surface area contributed by atoms with Crippen LogP contribution in [0.15, 0.2) is 53.4 Å². The zero-order valence-corrected chi connectivity index (χ0v) is 16.3. The SMILES string of the molecule is CCC(C(=O)N1CCN(S(=O)(=O)c2cc(F)ccc2F)CC1)c1ccccc1. The lowest BCUT2D eigenvalue weighted by Crippen LogP contribution is -2.51.